The van der Waals surface area contributed by atoms with E-state index in [0.717, 1.165) is 37.3 Å². The summed E-state index contributed by atoms with van der Waals surface area (Å²) in [5.41, 5.74) is 1.66. The Bertz CT molecular complexity index is 704. The first-order valence-electron chi connectivity index (χ1n) is 9.21. The number of rotatable bonds is 5. The smallest absolute Gasteiger partial charge is 0.114 e. The molecule has 2 aromatic rings. The van der Waals surface area contributed by atoms with Gasteiger partial charge in [0.2, 0.25) is 0 Å². The molecule has 0 radical (unpaired) electrons. The van der Waals surface area contributed by atoms with Crippen LogP contribution in [0.25, 0.3) is 11.3 Å². The Morgan fingerprint density at radius 1 is 1.23 bits per heavy atom. The summed E-state index contributed by atoms with van der Waals surface area (Å²) in [6.45, 7) is 2.03. The Morgan fingerprint density at radius 3 is 2.85 bits per heavy atom. The second kappa shape index (κ2) is 7.79. The maximum Gasteiger partial charge on any atom is 0.114 e. The van der Waals surface area contributed by atoms with E-state index in [2.05, 4.69) is 20.6 Å². The quantitative estimate of drug-likeness (QED) is 0.701. The van der Waals surface area contributed by atoms with Crippen LogP contribution in [0.5, 0.6) is 0 Å². The molecule has 3 N–H and O–H groups in total. The third-order valence-corrected chi connectivity index (χ3v) is 5.39. The fourth-order valence-corrected chi connectivity index (χ4v) is 3.91. The predicted molar refractivity (Wildman–Crippen MR) is 94.1 cm³/mol. The zero-order chi connectivity index (χ0) is 17.9. The molecule has 1 aliphatic heterocycles. The highest BCUT2D eigenvalue weighted by atomic mass is 16.5. The van der Waals surface area contributed by atoms with Crippen molar-refractivity contribution in [2.75, 3.05) is 13.2 Å². The highest BCUT2D eigenvalue weighted by Crippen LogP contribution is 2.29. The van der Waals surface area contributed by atoms with Crippen LogP contribution in [0.1, 0.15) is 19.3 Å². The van der Waals surface area contributed by atoms with Crippen LogP contribution in [0.15, 0.2) is 30.7 Å². The van der Waals surface area contributed by atoms with E-state index in [1.54, 1.807) is 17.1 Å². The van der Waals surface area contributed by atoms with Crippen LogP contribution in [0.3, 0.4) is 0 Å². The van der Waals surface area contributed by atoms with Gasteiger partial charge in [-0.05, 0) is 31.4 Å². The molecule has 1 saturated heterocycles. The molecule has 0 aromatic carbocycles. The molecule has 4 rings (SSSR count). The molecule has 2 fully saturated rings. The summed E-state index contributed by atoms with van der Waals surface area (Å²) in [6.07, 6.45) is 6.40. The predicted octanol–water partition coefficient (Wildman–Crippen LogP) is 0.219. The first-order valence-corrected chi connectivity index (χ1v) is 9.21. The molecular weight excluding hydrogens is 334 g/mol. The fourth-order valence-electron chi connectivity index (χ4n) is 3.91. The molecule has 0 amide bonds. The summed E-state index contributed by atoms with van der Waals surface area (Å²) in [5.74, 6) is -0.0641. The maximum atomic E-state index is 10.5. The fraction of sp³-hybridized carbons (Fsp3) is 0.611. The summed E-state index contributed by atoms with van der Waals surface area (Å²) in [6, 6.07) is 4.04. The van der Waals surface area contributed by atoms with Crippen molar-refractivity contribution >= 4 is 0 Å². The average molecular weight is 359 g/mol. The van der Waals surface area contributed by atoms with Gasteiger partial charge in [-0.3, -0.25) is 9.67 Å². The zero-order valence-electron chi connectivity index (χ0n) is 14.6. The lowest BCUT2D eigenvalue weighted by atomic mass is 10.1. The van der Waals surface area contributed by atoms with Gasteiger partial charge in [0.25, 0.3) is 0 Å². The van der Waals surface area contributed by atoms with E-state index in [0.29, 0.717) is 19.0 Å². The van der Waals surface area contributed by atoms with E-state index in [9.17, 15) is 10.2 Å². The molecule has 1 saturated carbocycles. The van der Waals surface area contributed by atoms with Gasteiger partial charge in [-0.1, -0.05) is 5.21 Å². The van der Waals surface area contributed by atoms with Gasteiger partial charge in [0.1, 0.15) is 5.69 Å². The minimum absolute atomic E-state index is 0.0641. The van der Waals surface area contributed by atoms with E-state index in [4.69, 9.17) is 4.74 Å². The average Bonchev–Trinajstić information content (AvgIpc) is 3.25. The van der Waals surface area contributed by atoms with E-state index in [-0.39, 0.29) is 12.0 Å². The van der Waals surface area contributed by atoms with Crippen LogP contribution in [0.4, 0.5) is 0 Å². The van der Waals surface area contributed by atoms with Crippen LogP contribution < -0.4 is 5.32 Å². The molecular formula is C18H25N5O3. The molecule has 140 valence electrons. The van der Waals surface area contributed by atoms with Gasteiger partial charge >= 0.3 is 0 Å². The van der Waals surface area contributed by atoms with Crippen molar-refractivity contribution in [3.8, 4) is 11.3 Å². The topological polar surface area (TPSA) is 105 Å². The van der Waals surface area contributed by atoms with Crippen molar-refractivity contribution < 1.29 is 14.9 Å². The van der Waals surface area contributed by atoms with E-state index in [1.807, 2.05) is 18.3 Å². The molecule has 2 aromatic heterocycles. The first-order chi connectivity index (χ1) is 12.7. The van der Waals surface area contributed by atoms with Gasteiger partial charge in [-0.25, -0.2) is 0 Å². The normalized spacial score (nSPS) is 29.9. The molecule has 3 heterocycles. The summed E-state index contributed by atoms with van der Waals surface area (Å²) in [5, 5.41) is 32.7. The van der Waals surface area contributed by atoms with E-state index in [1.165, 1.54) is 0 Å². The molecule has 8 nitrogen and oxygen atoms in total. The lowest BCUT2D eigenvalue weighted by Crippen LogP contribution is -2.47. The number of ether oxygens (including phenoxy) is 1. The number of hydrogen-bond donors (Lipinski definition) is 3. The third-order valence-electron chi connectivity index (χ3n) is 5.39. The highest BCUT2D eigenvalue weighted by molar-refractivity contribution is 5.55. The summed E-state index contributed by atoms with van der Waals surface area (Å²) in [4.78, 5) is 4.09. The molecule has 26 heavy (non-hydrogen) atoms. The number of aliphatic hydroxyl groups is 2. The monoisotopic (exact) mass is 359 g/mol. The first kappa shape index (κ1) is 17.5. The maximum absolute atomic E-state index is 10.5. The number of pyridine rings is 1. The van der Waals surface area contributed by atoms with Gasteiger partial charge < -0.3 is 20.3 Å². The SMILES string of the molecule is OC1C(Cn2cc(-c3cccnc3)nn2)CC(NC2CCOCC2)C1O. The largest absolute Gasteiger partial charge is 0.390 e. The van der Waals surface area contributed by atoms with Gasteiger partial charge in [0.05, 0.1) is 18.4 Å². The summed E-state index contributed by atoms with van der Waals surface area (Å²) < 4.78 is 7.11. The van der Waals surface area contributed by atoms with E-state index >= 15 is 0 Å². The van der Waals surface area contributed by atoms with Crippen molar-refractivity contribution in [1.82, 2.24) is 25.3 Å². The van der Waals surface area contributed by atoms with Crippen LogP contribution in [-0.2, 0) is 11.3 Å². The number of nitrogens with one attached hydrogen (secondary N) is 1. The summed E-state index contributed by atoms with van der Waals surface area (Å²) in [7, 11) is 0. The third kappa shape index (κ3) is 3.78. The molecule has 1 aliphatic carbocycles. The van der Waals surface area contributed by atoms with Gasteiger partial charge in [0.15, 0.2) is 0 Å². The molecule has 0 spiro atoms. The van der Waals surface area contributed by atoms with Crippen LogP contribution in [-0.4, -0.2) is 67.7 Å². The molecule has 2 aliphatic rings. The number of aliphatic hydroxyl groups excluding tert-OH is 2. The van der Waals surface area contributed by atoms with Gasteiger partial charge in [-0.15, -0.1) is 5.10 Å². The summed E-state index contributed by atoms with van der Waals surface area (Å²) >= 11 is 0. The van der Waals surface area contributed by atoms with Crippen LogP contribution in [0.2, 0.25) is 0 Å². The number of aromatic nitrogens is 4. The van der Waals surface area contributed by atoms with Gasteiger partial charge in [0, 0.05) is 55.7 Å². The van der Waals surface area contributed by atoms with Crippen LogP contribution >= 0.6 is 0 Å². The Hall–Kier alpha value is -1.87. The molecule has 8 heteroatoms. The van der Waals surface area contributed by atoms with Crippen molar-refractivity contribution in [2.45, 2.75) is 50.1 Å². The van der Waals surface area contributed by atoms with Crippen molar-refractivity contribution in [2.24, 2.45) is 5.92 Å². The zero-order valence-corrected chi connectivity index (χ0v) is 14.6. The van der Waals surface area contributed by atoms with Crippen molar-refractivity contribution in [3.05, 3.63) is 30.7 Å². The lowest BCUT2D eigenvalue weighted by molar-refractivity contribution is 0.00271. The van der Waals surface area contributed by atoms with Crippen molar-refractivity contribution in [3.63, 3.8) is 0 Å². The van der Waals surface area contributed by atoms with Gasteiger partial charge in [-0.2, -0.15) is 0 Å². The van der Waals surface area contributed by atoms with E-state index < -0.39 is 12.2 Å². The van der Waals surface area contributed by atoms with Crippen molar-refractivity contribution in [1.29, 1.82) is 0 Å². The number of hydrogen-bond acceptors (Lipinski definition) is 7. The Morgan fingerprint density at radius 2 is 2.08 bits per heavy atom. The van der Waals surface area contributed by atoms with Crippen LogP contribution in [0, 0.1) is 5.92 Å². The second-order valence-electron chi connectivity index (χ2n) is 7.20. The standard InChI is InChI=1S/C18H25N5O3/c24-17-13(8-15(18(17)25)20-14-3-6-26-7-4-14)10-23-11-16(21-22-23)12-2-1-5-19-9-12/h1-2,5,9,11,13-15,17-18,20,24-25H,3-4,6-8,10H2. The highest BCUT2D eigenvalue weighted by Gasteiger charge is 2.42. The molecule has 4 unspecified atom stereocenters. The Balaban J connectivity index is 1.38. The molecule has 0 bridgehead atoms. The molecule has 4 atom stereocenters. The second-order valence-corrected chi connectivity index (χ2v) is 7.20. The number of nitrogens with zero attached hydrogens (tertiary/aromatic N) is 4. The Labute approximate surface area is 152 Å². The Kier molecular flexibility index (Phi) is 5.26. The minimum Gasteiger partial charge on any atom is -0.390 e. The minimum atomic E-state index is -0.765. The lowest BCUT2D eigenvalue weighted by Gasteiger charge is -2.28.